The summed E-state index contributed by atoms with van der Waals surface area (Å²) in [5.74, 6) is -0.645. The van der Waals surface area contributed by atoms with Crippen LogP contribution in [0.2, 0.25) is 0 Å². The van der Waals surface area contributed by atoms with Crippen LogP contribution in [0.1, 0.15) is 5.69 Å². The summed E-state index contributed by atoms with van der Waals surface area (Å²) in [6, 6.07) is 4.46. The molecule has 0 aliphatic carbocycles. The fourth-order valence-corrected chi connectivity index (χ4v) is 1.20. The number of carbonyl (C=O) groups excluding carboxylic acids is 3. The van der Waals surface area contributed by atoms with E-state index in [4.69, 9.17) is 0 Å². The molecule has 1 aromatic rings. The van der Waals surface area contributed by atoms with Crippen molar-refractivity contribution in [1.82, 2.24) is 15.2 Å². The van der Waals surface area contributed by atoms with Gasteiger partial charge in [-0.05, 0) is 24.4 Å². The Morgan fingerprint density at radius 1 is 1.47 bits per heavy atom. The van der Waals surface area contributed by atoms with E-state index in [1.54, 1.807) is 24.4 Å². The molecule has 1 rings (SSSR count). The molecule has 6 heteroatoms. The average Bonchev–Trinajstić information content (AvgIpc) is 2.43. The van der Waals surface area contributed by atoms with Crippen LogP contribution in [-0.4, -0.2) is 34.7 Å². The molecule has 3 amide bonds. The van der Waals surface area contributed by atoms with Gasteiger partial charge in [-0.2, -0.15) is 0 Å². The van der Waals surface area contributed by atoms with Gasteiger partial charge in [0.15, 0.2) is 0 Å². The molecule has 1 aromatic heterocycles. The highest BCUT2D eigenvalue weighted by Crippen LogP contribution is 1.99. The van der Waals surface area contributed by atoms with E-state index in [0.717, 1.165) is 12.3 Å². The number of hydrogen-bond donors (Lipinski definition) is 1. The van der Waals surface area contributed by atoms with E-state index in [0.29, 0.717) is 10.6 Å². The number of nitrogens with zero attached hydrogens (tertiary/aromatic N) is 2. The molecule has 97 valence electrons. The maximum Gasteiger partial charge on any atom is 0.328 e. The van der Waals surface area contributed by atoms with E-state index < -0.39 is 18.5 Å². The highest BCUT2D eigenvalue weighted by atomic mass is 16.2. The molecule has 0 unspecified atom stereocenters. The summed E-state index contributed by atoms with van der Waals surface area (Å²) in [5.41, 5.74) is 0.565. The second-order valence-corrected chi connectivity index (χ2v) is 3.31. The summed E-state index contributed by atoms with van der Waals surface area (Å²) in [5, 5.41) is 2.21. The van der Waals surface area contributed by atoms with Crippen molar-refractivity contribution in [3.63, 3.8) is 0 Å². The van der Waals surface area contributed by atoms with E-state index in [2.05, 4.69) is 16.9 Å². The number of aromatic nitrogens is 1. The van der Waals surface area contributed by atoms with E-state index in [-0.39, 0.29) is 0 Å². The molecule has 0 spiro atoms. The smallest absolute Gasteiger partial charge is 0.315 e. The van der Waals surface area contributed by atoms with E-state index in [9.17, 15) is 14.4 Å². The summed E-state index contributed by atoms with van der Waals surface area (Å²) in [6.07, 6.45) is 6.79. The van der Waals surface area contributed by atoms with Gasteiger partial charge in [-0.25, -0.2) is 4.79 Å². The van der Waals surface area contributed by atoms with Crippen molar-refractivity contribution in [3.8, 4) is 0 Å². The third-order valence-corrected chi connectivity index (χ3v) is 2.04. The topological polar surface area (TPSA) is 79.4 Å². The van der Waals surface area contributed by atoms with Gasteiger partial charge < -0.3 is 5.32 Å². The Kier molecular flexibility index (Phi) is 5.68. The van der Waals surface area contributed by atoms with Crippen LogP contribution in [0, 0.1) is 0 Å². The Morgan fingerprint density at radius 3 is 2.84 bits per heavy atom. The number of carbonyl (C=O) groups is 2. The van der Waals surface area contributed by atoms with Gasteiger partial charge in [-0.3, -0.25) is 19.5 Å². The first-order chi connectivity index (χ1) is 9.19. The van der Waals surface area contributed by atoms with Crippen LogP contribution in [0.15, 0.2) is 43.3 Å². The lowest BCUT2D eigenvalue weighted by Crippen LogP contribution is -2.42. The van der Waals surface area contributed by atoms with Crippen LogP contribution in [0.4, 0.5) is 4.79 Å². The van der Waals surface area contributed by atoms with Crippen LogP contribution in [0.25, 0.3) is 6.08 Å². The number of nitrogens with one attached hydrogen (secondary N) is 1. The van der Waals surface area contributed by atoms with E-state index in [1.807, 2.05) is 0 Å². The lowest BCUT2D eigenvalue weighted by atomic mass is 10.3. The highest BCUT2D eigenvalue weighted by molar-refractivity contribution is 6.03. The first kappa shape index (κ1) is 14.3. The molecule has 0 aliphatic rings. The van der Waals surface area contributed by atoms with Crippen LogP contribution in [0.5, 0.6) is 0 Å². The van der Waals surface area contributed by atoms with Crippen LogP contribution in [0.3, 0.4) is 0 Å². The molecule has 1 radical (unpaired) electrons. The Bertz CT molecular complexity index is 497. The van der Waals surface area contributed by atoms with Crippen molar-refractivity contribution in [2.24, 2.45) is 0 Å². The van der Waals surface area contributed by atoms with Gasteiger partial charge >= 0.3 is 6.03 Å². The van der Waals surface area contributed by atoms with Crippen LogP contribution < -0.4 is 5.32 Å². The summed E-state index contributed by atoms with van der Waals surface area (Å²) < 4.78 is 0. The van der Waals surface area contributed by atoms with Crippen molar-refractivity contribution in [2.45, 2.75) is 0 Å². The summed E-state index contributed by atoms with van der Waals surface area (Å²) >= 11 is 0. The number of hydrogen-bond acceptors (Lipinski definition) is 4. The fraction of sp³-hybridized carbons (Fsp3) is 0.0769. The zero-order valence-electron chi connectivity index (χ0n) is 10.1. The summed E-state index contributed by atoms with van der Waals surface area (Å²) in [6.45, 7) is 2.85. The van der Waals surface area contributed by atoms with Gasteiger partial charge in [-0.15, -0.1) is 0 Å². The van der Waals surface area contributed by atoms with Gasteiger partial charge in [0.25, 0.3) is 5.91 Å². The first-order valence-electron chi connectivity index (χ1n) is 5.36. The Hall–Kier alpha value is -2.76. The molecule has 0 saturated carbocycles. The molecule has 0 aromatic carbocycles. The van der Waals surface area contributed by atoms with Crippen LogP contribution >= 0.6 is 0 Å². The SMILES string of the molecule is C=CNC(=O)N(C[C]=O)C(=O)C=Cc1ccccn1. The van der Waals surface area contributed by atoms with Crippen molar-refractivity contribution in [2.75, 3.05) is 6.54 Å². The third-order valence-electron chi connectivity index (χ3n) is 2.04. The molecule has 0 fully saturated rings. The molecule has 19 heavy (non-hydrogen) atoms. The lowest BCUT2D eigenvalue weighted by Gasteiger charge is -2.14. The molecule has 0 bridgehead atoms. The fourth-order valence-electron chi connectivity index (χ4n) is 1.20. The van der Waals surface area contributed by atoms with Crippen molar-refractivity contribution < 1.29 is 14.4 Å². The van der Waals surface area contributed by atoms with Crippen molar-refractivity contribution in [3.05, 3.63) is 48.9 Å². The maximum atomic E-state index is 11.8. The minimum atomic E-state index is -0.742. The monoisotopic (exact) mass is 258 g/mol. The number of pyridine rings is 1. The standard InChI is InChI=1S/C13H12N3O3/c1-2-14-13(19)16(9-10-17)12(18)7-6-11-5-3-4-8-15-11/h2-8H,1,9H2,(H,14,19). The van der Waals surface area contributed by atoms with Crippen LogP contribution in [-0.2, 0) is 9.59 Å². The molecular formula is C13H12N3O3. The Morgan fingerprint density at radius 2 is 2.26 bits per heavy atom. The van der Waals surface area contributed by atoms with Gasteiger partial charge in [0.1, 0.15) is 0 Å². The number of urea groups is 1. The number of imide groups is 1. The highest BCUT2D eigenvalue weighted by Gasteiger charge is 2.17. The van der Waals surface area contributed by atoms with Gasteiger partial charge in [0, 0.05) is 12.3 Å². The minimum absolute atomic E-state index is 0.453. The van der Waals surface area contributed by atoms with Gasteiger partial charge in [0.05, 0.1) is 12.2 Å². The van der Waals surface area contributed by atoms with Crippen molar-refractivity contribution in [1.29, 1.82) is 0 Å². The zero-order chi connectivity index (χ0) is 14.1. The third kappa shape index (κ3) is 4.55. The number of amides is 3. The lowest BCUT2D eigenvalue weighted by molar-refractivity contribution is -0.122. The number of rotatable bonds is 5. The summed E-state index contributed by atoms with van der Waals surface area (Å²) in [7, 11) is 0. The Balaban J connectivity index is 2.77. The normalized spacial score (nSPS) is 9.89. The molecule has 0 atom stereocenters. The van der Waals surface area contributed by atoms with Gasteiger partial charge in [0.2, 0.25) is 6.29 Å². The molecule has 1 N–H and O–H groups in total. The van der Waals surface area contributed by atoms with E-state index >= 15 is 0 Å². The molecular weight excluding hydrogens is 246 g/mol. The van der Waals surface area contributed by atoms with Gasteiger partial charge in [-0.1, -0.05) is 12.6 Å². The molecule has 6 nitrogen and oxygen atoms in total. The zero-order valence-corrected chi connectivity index (χ0v) is 10.1. The minimum Gasteiger partial charge on any atom is -0.315 e. The predicted octanol–water partition coefficient (Wildman–Crippen LogP) is 0.886. The molecule has 0 aliphatic heterocycles. The van der Waals surface area contributed by atoms with Crippen molar-refractivity contribution >= 4 is 24.3 Å². The first-order valence-corrected chi connectivity index (χ1v) is 5.36. The molecule has 1 heterocycles. The quantitative estimate of drug-likeness (QED) is 0.795. The largest absolute Gasteiger partial charge is 0.328 e. The second kappa shape index (κ2) is 7.54. The second-order valence-electron chi connectivity index (χ2n) is 3.31. The maximum absolute atomic E-state index is 11.8. The Labute approximate surface area is 110 Å². The predicted molar refractivity (Wildman–Crippen MR) is 69.4 cm³/mol. The molecule has 0 saturated heterocycles. The summed E-state index contributed by atoms with van der Waals surface area (Å²) in [4.78, 5) is 38.3. The average molecular weight is 258 g/mol. The van der Waals surface area contributed by atoms with E-state index in [1.165, 1.54) is 12.4 Å².